The number of hydrogen-bond acceptors (Lipinski definition) is 5. The number of rotatable bonds is 5. The van der Waals surface area contributed by atoms with Crippen molar-refractivity contribution in [3.05, 3.63) is 71.0 Å². The van der Waals surface area contributed by atoms with Gasteiger partial charge in [-0.3, -0.25) is 0 Å². The first kappa shape index (κ1) is 15.9. The third-order valence-electron chi connectivity index (χ3n) is 3.22. The van der Waals surface area contributed by atoms with Gasteiger partial charge < -0.3 is 15.7 Å². The molecule has 1 heterocycles. The fourth-order valence-electron chi connectivity index (χ4n) is 2.11. The van der Waals surface area contributed by atoms with E-state index in [2.05, 4.69) is 36.5 Å². The highest BCUT2D eigenvalue weighted by atomic mass is 79.9. The molecule has 3 N–H and O–H groups in total. The smallest absolute Gasteiger partial charge is 0.337 e. The van der Waals surface area contributed by atoms with E-state index in [9.17, 15) is 9.90 Å². The van der Waals surface area contributed by atoms with Gasteiger partial charge in [-0.1, -0.05) is 24.3 Å². The van der Waals surface area contributed by atoms with Gasteiger partial charge in [0.15, 0.2) is 0 Å². The molecule has 0 saturated carbocycles. The van der Waals surface area contributed by atoms with Gasteiger partial charge in [0.05, 0.1) is 16.9 Å². The first-order valence-corrected chi connectivity index (χ1v) is 7.86. The fourth-order valence-corrected chi connectivity index (χ4v) is 2.50. The van der Waals surface area contributed by atoms with Gasteiger partial charge in [0.2, 0.25) is 0 Å². The van der Waals surface area contributed by atoms with Gasteiger partial charge >= 0.3 is 5.97 Å². The Morgan fingerprint density at radius 1 is 0.917 bits per heavy atom. The van der Waals surface area contributed by atoms with Gasteiger partial charge in [0.25, 0.3) is 0 Å². The summed E-state index contributed by atoms with van der Waals surface area (Å²) < 4.78 is 0.911. The summed E-state index contributed by atoms with van der Waals surface area (Å²) in [5, 5.41) is 15.4. The van der Waals surface area contributed by atoms with E-state index < -0.39 is 5.97 Å². The van der Waals surface area contributed by atoms with E-state index >= 15 is 0 Å². The number of anilines is 4. The van der Waals surface area contributed by atoms with Gasteiger partial charge in [0.1, 0.15) is 18.0 Å². The first-order chi connectivity index (χ1) is 11.6. The van der Waals surface area contributed by atoms with Crippen LogP contribution in [0.25, 0.3) is 0 Å². The van der Waals surface area contributed by atoms with Crippen LogP contribution in [-0.2, 0) is 0 Å². The predicted octanol–water partition coefficient (Wildman–Crippen LogP) is 4.42. The van der Waals surface area contributed by atoms with Crippen molar-refractivity contribution in [3.63, 3.8) is 0 Å². The largest absolute Gasteiger partial charge is 0.478 e. The second kappa shape index (κ2) is 7.10. The minimum atomic E-state index is -1.00. The van der Waals surface area contributed by atoms with Crippen molar-refractivity contribution >= 4 is 44.9 Å². The number of aromatic nitrogens is 2. The summed E-state index contributed by atoms with van der Waals surface area (Å²) in [6.07, 6.45) is 1.41. The normalized spacial score (nSPS) is 10.2. The molecule has 3 aromatic rings. The molecular formula is C17H13BrN4O2. The van der Waals surface area contributed by atoms with Crippen molar-refractivity contribution in [1.29, 1.82) is 0 Å². The lowest BCUT2D eigenvalue weighted by atomic mass is 10.2. The van der Waals surface area contributed by atoms with Crippen LogP contribution in [0.15, 0.2) is 65.4 Å². The summed E-state index contributed by atoms with van der Waals surface area (Å²) in [7, 11) is 0. The topological polar surface area (TPSA) is 87.1 Å². The van der Waals surface area contributed by atoms with Crippen LogP contribution in [0.2, 0.25) is 0 Å². The summed E-state index contributed by atoms with van der Waals surface area (Å²) in [6, 6.07) is 16.0. The lowest BCUT2D eigenvalue weighted by Gasteiger charge is -2.11. The molecule has 0 fully saturated rings. The minimum absolute atomic E-state index is 0.177. The number of benzene rings is 2. The molecule has 0 amide bonds. The Kier molecular flexibility index (Phi) is 4.72. The molecule has 2 aromatic carbocycles. The molecule has 0 aliphatic heterocycles. The Bertz CT molecular complexity index is 886. The van der Waals surface area contributed by atoms with Crippen LogP contribution in [0.4, 0.5) is 23.0 Å². The van der Waals surface area contributed by atoms with Crippen LogP contribution in [-0.4, -0.2) is 21.0 Å². The lowest BCUT2D eigenvalue weighted by molar-refractivity contribution is 0.0698. The van der Waals surface area contributed by atoms with Crippen molar-refractivity contribution in [2.45, 2.75) is 0 Å². The van der Waals surface area contributed by atoms with Crippen molar-refractivity contribution in [2.75, 3.05) is 10.6 Å². The highest BCUT2D eigenvalue weighted by Crippen LogP contribution is 2.26. The summed E-state index contributed by atoms with van der Waals surface area (Å²) in [6.45, 7) is 0. The van der Waals surface area contributed by atoms with Crippen molar-refractivity contribution in [3.8, 4) is 0 Å². The molecule has 6 nitrogen and oxygen atoms in total. The average Bonchev–Trinajstić information content (AvgIpc) is 2.58. The molecule has 0 bridgehead atoms. The minimum Gasteiger partial charge on any atom is -0.478 e. The second-order valence-corrected chi connectivity index (χ2v) is 5.72. The third-order valence-corrected chi connectivity index (χ3v) is 3.92. The second-order valence-electron chi connectivity index (χ2n) is 4.87. The van der Waals surface area contributed by atoms with Crippen LogP contribution in [0, 0.1) is 0 Å². The van der Waals surface area contributed by atoms with Crippen LogP contribution in [0.5, 0.6) is 0 Å². The van der Waals surface area contributed by atoms with Crippen LogP contribution in [0.1, 0.15) is 10.4 Å². The van der Waals surface area contributed by atoms with E-state index in [0.717, 1.165) is 10.2 Å². The summed E-state index contributed by atoms with van der Waals surface area (Å²) in [4.78, 5) is 19.6. The van der Waals surface area contributed by atoms with Crippen molar-refractivity contribution < 1.29 is 9.90 Å². The molecule has 0 saturated heterocycles. The van der Waals surface area contributed by atoms with Crippen molar-refractivity contribution in [1.82, 2.24) is 9.97 Å². The number of carboxylic acid groups (broad SMARTS) is 1. The fraction of sp³-hybridized carbons (Fsp3) is 0. The number of para-hydroxylation sites is 2. The molecule has 1 aromatic heterocycles. The Morgan fingerprint density at radius 3 is 2.17 bits per heavy atom. The zero-order valence-corrected chi connectivity index (χ0v) is 14.0. The monoisotopic (exact) mass is 384 g/mol. The Balaban J connectivity index is 1.84. The van der Waals surface area contributed by atoms with Crippen molar-refractivity contribution in [2.24, 2.45) is 0 Å². The summed E-state index contributed by atoms with van der Waals surface area (Å²) >= 11 is 3.46. The molecule has 24 heavy (non-hydrogen) atoms. The first-order valence-electron chi connectivity index (χ1n) is 7.06. The van der Waals surface area contributed by atoms with Gasteiger partial charge in [-0.05, 0) is 40.2 Å². The zero-order chi connectivity index (χ0) is 16.9. The van der Waals surface area contributed by atoms with E-state index in [0.29, 0.717) is 17.3 Å². The molecule has 0 atom stereocenters. The molecule has 0 unspecified atom stereocenters. The molecule has 7 heteroatoms. The molecule has 0 spiro atoms. The van der Waals surface area contributed by atoms with E-state index in [-0.39, 0.29) is 5.56 Å². The van der Waals surface area contributed by atoms with Crippen LogP contribution < -0.4 is 10.6 Å². The van der Waals surface area contributed by atoms with Crippen LogP contribution in [0.3, 0.4) is 0 Å². The molecular weight excluding hydrogens is 372 g/mol. The number of carbonyl (C=O) groups is 1. The molecule has 3 rings (SSSR count). The number of aromatic carboxylic acids is 1. The number of nitrogens with one attached hydrogen (secondary N) is 2. The standard InChI is InChI=1S/C17H13BrN4O2/c18-12-6-2-4-8-14(12)22-16-9-15(19-10-20-16)21-13-7-3-1-5-11(13)17(23)24/h1-10H,(H,23,24)(H2,19,20,21,22). The molecule has 0 radical (unpaired) electrons. The quantitative estimate of drug-likeness (QED) is 0.603. The number of halogens is 1. The van der Waals surface area contributed by atoms with E-state index in [1.807, 2.05) is 24.3 Å². The molecule has 0 aliphatic rings. The number of nitrogens with zero attached hydrogens (tertiary/aromatic N) is 2. The molecule has 120 valence electrons. The van der Waals surface area contributed by atoms with Crippen LogP contribution >= 0.6 is 15.9 Å². The highest BCUT2D eigenvalue weighted by molar-refractivity contribution is 9.10. The van der Waals surface area contributed by atoms with Gasteiger partial charge in [-0.15, -0.1) is 0 Å². The van der Waals surface area contributed by atoms with E-state index in [1.165, 1.54) is 12.4 Å². The maximum atomic E-state index is 11.3. The Morgan fingerprint density at radius 2 is 1.50 bits per heavy atom. The lowest BCUT2D eigenvalue weighted by Crippen LogP contribution is -2.04. The maximum absolute atomic E-state index is 11.3. The Labute approximate surface area is 146 Å². The Hall–Kier alpha value is -2.93. The molecule has 0 aliphatic carbocycles. The van der Waals surface area contributed by atoms with E-state index in [1.54, 1.807) is 24.3 Å². The SMILES string of the molecule is O=C(O)c1ccccc1Nc1cc(Nc2ccccc2Br)ncn1. The average molecular weight is 385 g/mol. The summed E-state index contributed by atoms with van der Waals surface area (Å²) in [5.41, 5.74) is 1.51. The maximum Gasteiger partial charge on any atom is 0.337 e. The highest BCUT2D eigenvalue weighted by Gasteiger charge is 2.10. The number of carboxylic acids is 1. The van der Waals surface area contributed by atoms with Gasteiger partial charge in [-0.25, -0.2) is 14.8 Å². The van der Waals surface area contributed by atoms with E-state index in [4.69, 9.17) is 0 Å². The third kappa shape index (κ3) is 3.69. The zero-order valence-electron chi connectivity index (χ0n) is 12.4. The van der Waals surface area contributed by atoms with Gasteiger partial charge in [0, 0.05) is 10.5 Å². The predicted molar refractivity (Wildman–Crippen MR) is 96.1 cm³/mol. The van der Waals surface area contributed by atoms with Gasteiger partial charge in [-0.2, -0.15) is 0 Å². The number of hydrogen-bond donors (Lipinski definition) is 3. The summed E-state index contributed by atoms with van der Waals surface area (Å²) in [5.74, 6) is 0.0826.